The summed E-state index contributed by atoms with van der Waals surface area (Å²) in [6, 6.07) is 1.88. The number of ether oxygens (including phenoxy) is 1. The fourth-order valence-corrected chi connectivity index (χ4v) is 3.11. The average Bonchev–Trinajstić information content (AvgIpc) is 3.07. The standard InChI is InChI=1S/C15H24N4O/c1-14(2)8-19(9-15(3,4)20-14)12-7-11(16)17-13(18-12)10-5-6-10/h7,10H,5-6,8-9H2,1-4H3,(H2,16,17,18). The Morgan fingerprint density at radius 1 is 1.15 bits per heavy atom. The number of nitrogens with two attached hydrogens (primary N) is 1. The van der Waals surface area contributed by atoms with Crippen molar-refractivity contribution in [3.63, 3.8) is 0 Å². The molecular weight excluding hydrogens is 252 g/mol. The maximum Gasteiger partial charge on any atom is 0.136 e. The predicted octanol–water partition coefficient (Wildman–Crippen LogP) is 2.33. The number of aromatic nitrogens is 2. The van der Waals surface area contributed by atoms with E-state index in [2.05, 4.69) is 37.6 Å². The number of rotatable bonds is 2. The topological polar surface area (TPSA) is 64.3 Å². The van der Waals surface area contributed by atoms with Crippen LogP contribution in [-0.2, 0) is 4.74 Å². The van der Waals surface area contributed by atoms with Crippen LogP contribution in [0.15, 0.2) is 6.07 Å². The lowest BCUT2D eigenvalue weighted by atomic mass is 9.99. The van der Waals surface area contributed by atoms with E-state index in [9.17, 15) is 0 Å². The van der Waals surface area contributed by atoms with E-state index in [0.29, 0.717) is 11.7 Å². The molecule has 20 heavy (non-hydrogen) atoms. The van der Waals surface area contributed by atoms with Crippen molar-refractivity contribution in [1.82, 2.24) is 9.97 Å². The molecule has 0 atom stereocenters. The van der Waals surface area contributed by atoms with E-state index in [-0.39, 0.29) is 11.2 Å². The van der Waals surface area contributed by atoms with E-state index in [0.717, 1.165) is 24.7 Å². The van der Waals surface area contributed by atoms with E-state index in [1.54, 1.807) is 0 Å². The van der Waals surface area contributed by atoms with Crippen molar-refractivity contribution in [3.05, 3.63) is 11.9 Å². The van der Waals surface area contributed by atoms with Gasteiger partial charge in [0.15, 0.2) is 0 Å². The van der Waals surface area contributed by atoms with Crippen molar-refractivity contribution in [1.29, 1.82) is 0 Å². The molecule has 2 heterocycles. The molecule has 1 aliphatic heterocycles. The first-order valence-corrected chi connectivity index (χ1v) is 7.34. The SMILES string of the molecule is CC1(C)CN(c2cc(N)nc(C3CC3)n2)CC(C)(C)O1. The van der Waals surface area contributed by atoms with Crippen molar-refractivity contribution in [3.8, 4) is 0 Å². The van der Waals surface area contributed by atoms with Gasteiger partial charge in [-0.2, -0.15) is 0 Å². The van der Waals surface area contributed by atoms with Gasteiger partial charge >= 0.3 is 0 Å². The summed E-state index contributed by atoms with van der Waals surface area (Å²) in [5.74, 6) is 2.92. The second-order valence-corrected chi connectivity index (χ2v) is 7.26. The van der Waals surface area contributed by atoms with Crippen LogP contribution < -0.4 is 10.6 Å². The molecule has 0 bridgehead atoms. The molecule has 0 radical (unpaired) electrons. The summed E-state index contributed by atoms with van der Waals surface area (Å²) in [6.45, 7) is 10.1. The van der Waals surface area contributed by atoms with Crippen LogP contribution in [0, 0.1) is 0 Å². The molecule has 0 spiro atoms. The van der Waals surface area contributed by atoms with Gasteiger partial charge in [-0.15, -0.1) is 0 Å². The highest BCUT2D eigenvalue weighted by Gasteiger charge is 2.39. The highest BCUT2D eigenvalue weighted by molar-refractivity contribution is 5.48. The molecule has 3 rings (SSSR count). The van der Waals surface area contributed by atoms with Crippen LogP contribution in [0.3, 0.4) is 0 Å². The normalized spacial score (nSPS) is 24.7. The Labute approximate surface area is 120 Å². The minimum Gasteiger partial charge on any atom is -0.384 e. The van der Waals surface area contributed by atoms with E-state index in [4.69, 9.17) is 15.5 Å². The quantitative estimate of drug-likeness (QED) is 0.898. The van der Waals surface area contributed by atoms with Crippen molar-refractivity contribution in [2.45, 2.75) is 57.7 Å². The van der Waals surface area contributed by atoms with E-state index in [1.807, 2.05) is 6.07 Å². The summed E-state index contributed by atoms with van der Waals surface area (Å²) in [6.07, 6.45) is 2.37. The van der Waals surface area contributed by atoms with Gasteiger partial charge in [-0.1, -0.05) is 0 Å². The monoisotopic (exact) mass is 276 g/mol. The molecule has 5 nitrogen and oxygen atoms in total. The summed E-state index contributed by atoms with van der Waals surface area (Å²) in [5.41, 5.74) is 5.57. The van der Waals surface area contributed by atoms with Gasteiger partial charge in [-0.05, 0) is 40.5 Å². The molecular formula is C15H24N4O. The molecule has 0 amide bonds. The maximum atomic E-state index is 6.12. The van der Waals surface area contributed by atoms with Crippen LogP contribution in [0.4, 0.5) is 11.6 Å². The summed E-state index contributed by atoms with van der Waals surface area (Å²) < 4.78 is 6.12. The second kappa shape index (κ2) is 4.32. The Morgan fingerprint density at radius 2 is 1.75 bits per heavy atom. The van der Waals surface area contributed by atoms with Crippen LogP contribution in [0.1, 0.15) is 52.3 Å². The number of hydrogen-bond acceptors (Lipinski definition) is 5. The first-order valence-electron chi connectivity index (χ1n) is 7.34. The largest absolute Gasteiger partial charge is 0.384 e. The Morgan fingerprint density at radius 3 is 2.30 bits per heavy atom. The molecule has 2 N–H and O–H groups in total. The Kier molecular flexibility index (Phi) is 2.94. The van der Waals surface area contributed by atoms with Crippen molar-refractivity contribution < 1.29 is 4.74 Å². The molecule has 1 saturated heterocycles. The molecule has 1 aromatic heterocycles. The summed E-state index contributed by atoms with van der Waals surface area (Å²) in [7, 11) is 0. The minimum absolute atomic E-state index is 0.193. The van der Waals surface area contributed by atoms with E-state index >= 15 is 0 Å². The fraction of sp³-hybridized carbons (Fsp3) is 0.733. The molecule has 5 heteroatoms. The summed E-state index contributed by atoms with van der Waals surface area (Å²) in [4.78, 5) is 11.4. The smallest absolute Gasteiger partial charge is 0.136 e. The number of nitrogens with zero attached hydrogens (tertiary/aromatic N) is 3. The van der Waals surface area contributed by atoms with Gasteiger partial charge in [0.2, 0.25) is 0 Å². The lowest BCUT2D eigenvalue weighted by Crippen LogP contribution is -2.57. The molecule has 1 saturated carbocycles. The zero-order valence-electron chi connectivity index (χ0n) is 12.8. The maximum absolute atomic E-state index is 6.12. The van der Waals surface area contributed by atoms with Crippen LogP contribution in [0.5, 0.6) is 0 Å². The van der Waals surface area contributed by atoms with Gasteiger partial charge in [0, 0.05) is 25.1 Å². The van der Waals surface area contributed by atoms with Gasteiger partial charge in [0.25, 0.3) is 0 Å². The highest BCUT2D eigenvalue weighted by Crippen LogP contribution is 2.39. The number of anilines is 2. The third-order valence-corrected chi connectivity index (χ3v) is 3.71. The summed E-state index contributed by atoms with van der Waals surface area (Å²) in [5, 5.41) is 0. The average molecular weight is 276 g/mol. The Balaban J connectivity index is 1.91. The molecule has 2 fully saturated rings. The molecule has 0 aromatic carbocycles. The number of hydrogen-bond donors (Lipinski definition) is 1. The Bertz CT molecular complexity index is 507. The van der Waals surface area contributed by atoms with Gasteiger partial charge in [0.1, 0.15) is 17.5 Å². The third-order valence-electron chi connectivity index (χ3n) is 3.71. The number of nitrogen functional groups attached to an aromatic ring is 1. The van der Waals surface area contributed by atoms with E-state index < -0.39 is 0 Å². The van der Waals surface area contributed by atoms with Gasteiger partial charge < -0.3 is 15.4 Å². The molecule has 2 aliphatic rings. The van der Waals surface area contributed by atoms with Gasteiger partial charge in [0.05, 0.1) is 11.2 Å². The zero-order chi connectivity index (χ0) is 14.5. The molecule has 1 aromatic rings. The lowest BCUT2D eigenvalue weighted by Gasteiger charge is -2.47. The van der Waals surface area contributed by atoms with Crippen LogP contribution >= 0.6 is 0 Å². The van der Waals surface area contributed by atoms with Crippen molar-refractivity contribution in [2.24, 2.45) is 0 Å². The highest BCUT2D eigenvalue weighted by atomic mass is 16.5. The second-order valence-electron chi connectivity index (χ2n) is 7.26. The first kappa shape index (κ1) is 13.6. The molecule has 0 unspecified atom stereocenters. The van der Waals surface area contributed by atoms with Crippen LogP contribution in [0.25, 0.3) is 0 Å². The van der Waals surface area contributed by atoms with E-state index in [1.165, 1.54) is 12.8 Å². The van der Waals surface area contributed by atoms with Gasteiger partial charge in [-0.25, -0.2) is 9.97 Å². The summed E-state index contributed by atoms with van der Waals surface area (Å²) >= 11 is 0. The zero-order valence-corrected chi connectivity index (χ0v) is 12.8. The molecule has 1 aliphatic carbocycles. The van der Waals surface area contributed by atoms with Crippen molar-refractivity contribution >= 4 is 11.6 Å². The lowest BCUT2D eigenvalue weighted by molar-refractivity contribution is -0.133. The number of morpholine rings is 1. The fourth-order valence-electron chi connectivity index (χ4n) is 3.11. The predicted molar refractivity (Wildman–Crippen MR) is 79.9 cm³/mol. The van der Waals surface area contributed by atoms with Crippen LogP contribution in [0.2, 0.25) is 0 Å². The van der Waals surface area contributed by atoms with Gasteiger partial charge in [-0.3, -0.25) is 0 Å². The molecule has 110 valence electrons. The third kappa shape index (κ3) is 2.87. The Hall–Kier alpha value is -1.36. The van der Waals surface area contributed by atoms with Crippen molar-refractivity contribution in [2.75, 3.05) is 23.7 Å². The van der Waals surface area contributed by atoms with Crippen LogP contribution in [-0.4, -0.2) is 34.3 Å². The first-order chi connectivity index (χ1) is 9.24. The minimum atomic E-state index is -0.193.